The van der Waals surface area contributed by atoms with Crippen molar-refractivity contribution >= 4 is 33.0 Å². The van der Waals surface area contributed by atoms with Crippen LogP contribution in [0.2, 0.25) is 5.02 Å². The van der Waals surface area contributed by atoms with Gasteiger partial charge in [-0.05, 0) is 29.3 Å². The van der Waals surface area contributed by atoms with Crippen molar-refractivity contribution in [1.29, 1.82) is 0 Å². The van der Waals surface area contributed by atoms with Crippen LogP contribution in [0.5, 0.6) is 0 Å². The second kappa shape index (κ2) is 8.31. The van der Waals surface area contributed by atoms with Gasteiger partial charge in [0.2, 0.25) is 0 Å². The molecule has 0 N–H and O–H groups in total. The Bertz CT molecular complexity index is 1100. The van der Waals surface area contributed by atoms with E-state index in [1.54, 1.807) is 11.3 Å². The van der Waals surface area contributed by atoms with Gasteiger partial charge in [-0.3, -0.25) is 4.90 Å². The van der Waals surface area contributed by atoms with E-state index in [2.05, 4.69) is 98.6 Å². The minimum atomic E-state index is -0.000222. The number of hydrogen-bond donors (Lipinski definition) is 0. The van der Waals surface area contributed by atoms with Gasteiger partial charge in [-0.1, -0.05) is 98.2 Å². The van der Waals surface area contributed by atoms with Crippen molar-refractivity contribution in [2.45, 2.75) is 32.4 Å². The highest BCUT2D eigenvalue weighted by Crippen LogP contribution is 2.33. The van der Waals surface area contributed by atoms with Crippen LogP contribution in [0.25, 0.3) is 10.1 Å². The van der Waals surface area contributed by atoms with Gasteiger partial charge in [-0.25, -0.2) is 0 Å². The highest BCUT2D eigenvalue weighted by molar-refractivity contribution is 7.18. The monoisotopic (exact) mass is 419 g/mol. The molecule has 0 unspecified atom stereocenters. The topological polar surface area (TPSA) is 3.24 Å². The SMILES string of the molecule is CN(Cc1ccc(C(C)(C)c2ccccc2)cc1)Cc1cccc2c(Cl)csc12. The zero-order valence-electron chi connectivity index (χ0n) is 17.2. The minimum Gasteiger partial charge on any atom is -0.298 e. The molecule has 0 spiro atoms. The van der Waals surface area contributed by atoms with E-state index >= 15 is 0 Å². The summed E-state index contributed by atoms with van der Waals surface area (Å²) in [7, 11) is 2.18. The Morgan fingerprint density at radius 2 is 1.52 bits per heavy atom. The molecule has 0 amide bonds. The lowest BCUT2D eigenvalue weighted by molar-refractivity contribution is 0.320. The van der Waals surface area contributed by atoms with E-state index in [9.17, 15) is 0 Å². The molecule has 0 aliphatic carbocycles. The van der Waals surface area contributed by atoms with Crippen LogP contribution in [0.4, 0.5) is 0 Å². The molecule has 4 aromatic rings. The molecule has 0 saturated heterocycles. The van der Waals surface area contributed by atoms with Crippen LogP contribution in [-0.2, 0) is 18.5 Å². The van der Waals surface area contributed by atoms with Crippen LogP contribution < -0.4 is 0 Å². The predicted molar refractivity (Wildman–Crippen MR) is 127 cm³/mol. The summed E-state index contributed by atoms with van der Waals surface area (Å²) in [6.07, 6.45) is 0. The molecule has 0 aliphatic rings. The minimum absolute atomic E-state index is 0.000222. The Hall–Kier alpha value is -2.13. The Labute approximate surface area is 182 Å². The van der Waals surface area contributed by atoms with Crippen molar-refractivity contribution in [3.8, 4) is 0 Å². The van der Waals surface area contributed by atoms with Gasteiger partial charge in [-0.2, -0.15) is 0 Å². The van der Waals surface area contributed by atoms with E-state index in [4.69, 9.17) is 11.6 Å². The zero-order valence-corrected chi connectivity index (χ0v) is 18.7. The smallest absolute Gasteiger partial charge is 0.0591 e. The molecule has 0 saturated carbocycles. The molecule has 0 aliphatic heterocycles. The third kappa shape index (κ3) is 4.25. The fraction of sp³-hybridized carbons (Fsp3) is 0.231. The van der Waals surface area contributed by atoms with E-state index in [-0.39, 0.29) is 5.41 Å². The van der Waals surface area contributed by atoms with Crippen LogP contribution in [0, 0.1) is 0 Å². The number of benzene rings is 3. The van der Waals surface area contributed by atoms with Crippen molar-refractivity contribution in [3.63, 3.8) is 0 Å². The van der Waals surface area contributed by atoms with E-state index < -0.39 is 0 Å². The normalized spacial score (nSPS) is 12.0. The van der Waals surface area contributed by atoms with E-state index in [0.29, 0.717) is 0 Å². The van der Waals surface area contributed by atoms with Crippen molar-refractivity contribution in [2.24, 2.45) is 0 Å². The highest BCUT2D eigenvalue weighted by Gasteiger charge is 2.22. The van der Waals surface area contributed by atoms with Crippen LogP contribution in [0.1, 0.15) is 36.1 Å². The van der Waals surface area contributed by atoms with Gasteiger partial charge in [-0.15, -0.1) is 11.3 Å². The quantitative estimate of drug-likeness (QED) is 0.312. The Kier molecular flexibility index (Phi) is 5.78. The van der Waals surface area contributed by atoms with E-state index in [1.807, 2.05) is 5.38 Å². The van der Waals surface area contributed by atoms with Gasteiger partial charge in [0, 0.05) is 34.0 Å². The fourth-order valence-corrected chi connectivity index (χ4v) is 5.20. The first-order chi connectivity index (χ1) is 13.9. The van der Waals surface area contributed by atoms with Gasteiger partial charge >= 0.3 is 0 Å². The third-order valence-corrected chi connectivity index (χ3v) is 7.21. The van der Waals surface area contributed by atoms with Crippen LogP contribution in [-0.4, -0.2) is 11.9 Å². The van der Waals surface area contributed by atoms with Crippen LogP contribution in [0.3, 0.4) is 0 Å². The van der Waals surface area contributed by atoms with Crippen molar-refractivity contribution in [2.75, 3.05) is 7.05 Å². The lowest BCUT2D eigenvalue weighted by atomic mass is 9.78. The molecular formula is C26H26ClNS. The second-order valence-corrected chi connectivity index (χ2v) is 9.52. The average Bonchev–Trinajstić information content (AvgIpc) is 3.11. The van der Waals surface area contributed by atoms with Crippen molar-refractivity contribution in [3.05, 3.63) is 105 Å². The zero-order chi connectivity index (χ0) is 20.4. The van der Waals surface area contributed by atoms with E-state index in [0.717, 1.165) is 23.5 Å². The van der Waals surface area contributed by atoms with E-state index in [1.165, 1.54) is 27.0 Å². The Balaban J connectivity index is 1.47. The summed E-state index contributed by atoms with van der Waals surface area (Å²) in [6, 6.07) is 26.2. The maximum absolute atomic E-state index is 6.30. The summed E-state index contributed by atoms with van der Waals surface area (Å²) in [4.78, 5) is 2.36. The Morgan fingerprint density at radius 1 is 0.828 bits per heavy atom. The molecule has 29 heavy (non-hydrogen) atoms. The van der Waals surface area contributed by atoms with Gasteiger partial charge < -0.3 is 0 Å². The first-order valence-corrected chi connectivity index (χ1v) is 11.2. The molecule has 0 bridgehead atoms. The van der Waals surface area contributed by atoms with Crippen molar-refractivity contribution in [1.82, 2.24) is 4.90 Å². The largest absolute Gasteiger partial charge is 0.298 e. The maximum atomic E-state index is 6.30. The molecule has 0 radical (unpaired) electrons. The summed E-state index contributed by atoms with van der Waals surface area (Å²) in [6.45, 7) is 6.40. The third-order valence-electron chi connectivity index (χ3n) is 5.70. The molecule has 3 aromatic carbocycles. The van der Waals surface area contributed by atoms with Crippen LogP contribution in [0.15, 0.2) is 78.2 Å². The average molecular weight is 420 g/mol. The molecule has 0 atom stereocenters. The lowest BCUT2D eigenvalue weighted by Crippen LogP contribution is -2.19. The molecule has 0 fully saturated rings. The molecule has 1 heterocycles. The fourth-order valence-electron chi connectivity index (χ4n) is 3.92. The van der Waals surface area contributed by atoms with Gasteiger partial charge in [0.25, 0.3) is 0 Å². The number of hydrogen-bond acceptors (Lipinski definition) is 2. The number of fused-ring (bicyclic) bond motifs is 1. The Morgan fingerprint density at radius 3 is 2.24 bits per heavy atom. The highest BCUT2D eigenvalue weighted by atomic mass is 35.5. The first-order valence-electron chi connectivity index (χ1n) is 9.93. The number of halogens is 1. The van der Waals surface area contributed by atoms with Crippen LogP contribution >= 0.6 is 22.9 Å². The molecule has 148 valence electrons. The molecule has 3 heteroatoms. The summed E-state index contributed by atoms with van der Waals surface area (Å²) >= 11 is 8.04. The standard InChI is InChI=1S/C26H26ClNS/c1-26(2,21-9-5-4-6-10-21)22-14-12-19(13-15-22)16-28(3)17-20-8-7-11-23-24(27)18-29-25(20)23/h4-15,18H,16-17H2,1-3H3. The summed E-state index contributed by atoms with van der Waals surface area (Å²) in [5, 5.41) is 4.05. The predicted octanol–water partition coefficient (Wildman–Crippen LogP) is 7.51. The molecule has 1 aromatic heterocycles. The van der Waals surface area contributed by atoms with Gasteiger partial charge in [0.15, 0.2) is 0 Å². The van der Waals surface area contributed by atoms with Gasteiger partial charge in [0.1, 0.15) is 0 Å². The second-order valence-electron chi connectivity index (χ2n) is 8.24. The first kappa shape index (κ1) is 20.2. The number of thiophene rings is 1. The maximum Gasteiger partial charge on any atom is 0.0591 e. The summed E-state index contributed by atoms with van der Waals surface area (Å²) in [5.41, 5.74) is 5.35. The number of nitrogens with zero attached hydrogens (tertiary/aromatic N) is 1. The molecule has 1 nitrogen and oxygen atoms in total. The molecular weight excluding hydrogens is 394 g/mol. The lowest BCUT2D eigenvalue weighted by Gasteiger charge is -2.26. The molecule has 4 rings (SSSR count). The summed E-state index contributed by atoms with van der Waals surface area (Å²) in [5.74, 6) is 0. The van der Waals surface area contributed by atoms with Crippen molar-refractivity contribution < 1.29 is 0 Å². The summed E-state index contributed by atoms with van der Waals surface area (Å²) < 4.78 is 1.30. The van der Waals surface area contributed by atoms with Gasteiger partial charge in [0.05, 0.1) is 5.02 Å². The number of rotatable bonds is 6.